The van der Waals surface area contributed by atoms with Gasteiger partial charge < -0.3 is 0 Å². The molecule has 0 amide bonds. The molecule has 27 heavy (non-hydrogen) atoms. The molecule has 0 aliphatic heterocycles. The molecule has 0 N–H and O–H groups in total. The summed E-state index contributed by atoms with van der Waals surface area (Å²) < 4.78 is 92.6. The van der Waals surface area contributed by atoms with Crippen LogP contribution in [0, 0.1) is 11.6 Å². The van der Waals surface area contributed by atoms with Gasteiger partial charge in [0.25, 0.3) is 0 Å². The minimum absolute atomic E-state index is 0.0223. The van der Waals surface area contributed by atoms with E-state index in [1.54, 1.807) is 6.92 Å². The Hall–Kier alpha value is -2.14. The molecule has 3 rings (SSSR count). The van der Waals surface area contributed by atoms with Crippen LogP contribution < -0.4 is 0 Å². The summed E-state index contributed by atoms with van der Waals surface area (Å²) >= 11 is 0. The Kier molecular flexibility index (Phi) is 4.93. The molecule has 5 nitrogen and oxygen atoms in total. The Bertz CT molecular complexity index is 958. The molecular weight excluding hydrogens is 395 g/mol. The number of rotatable bonds is 3. The zero-order valence-corrected chi connectivity index (χ0v) is 14.6. The Labute approximate surface area is 151 Å². The molecule has 11 heteroatoms. The van der Waals surface area contributed by atoms with E-state index >= 15 is 0 Å². The molecule has 0 saturated carbocycles. The van der Waals surface area contributed by atoms with E-state index in [0.717, 1.165) is 12.1 Å². The van der Waals surface area contributed by atoms with Gasteiger partial charge >= 0.3 is 15.6 Å². The van der Waals surface area contributed by atoms with Gasteiger partial charge in [0.05, 0.1) is 17.0 Å². The largest absolute Gasteiger partial charge is 0.523 e. The molecule has 0 fully saturated rings. The number of hydrogen-bond donors (Lipinski definition) is 0. The average molecular weight is 408 g/mol. The third-order valence-corrected chi connectivity index (χ3v) is 5.35. The highest BCUT2D eigenvalue weighted by Crippen LogP contribution is 2.41. The van der Waals surface area contributed by atoms with E-state index in [1.807, 2.05) is 0 Å². The molecular formula is C16H13F5N2O3S. The topological polar surface area (TPSA) is 69.2 Å². The second kappa shape index (κ2) is 6.79. The van der Waals surface area contributed by atoms with Gasteiger partial charge in [0.15, 0.2) is 0 Å². The minimum Gasteiger partial charge on any atom is -0.253 e. The smallest absolute Gasteiger partial charge is 0.253 e. The molecule has 2 atom stereocenters. The number of alkyl halides is 3. The summed E-state index contributed by atoms with van der Waals surface area (Å²) in [4.78, 5) is 0. The Morgan fingerprint density at radius 1 is 1.11 bits per heavy atom. The Morgan fingerprint density at radius 2 is 1.74 bits per heavy atom. The SMILES string of the molecule is C[C@H]1CCC(OS(=O)(=O)C(F)(F)F)c2nnc(-c3c(F)cccc3F)cc21. The second-order valence-electron chi connectivity index (χ2n) is 6.13. The van der Waals surface area contributed by atoms with E-state index in [1.165, 1.54) is 12.1 Å². The van der Waals surface area contributed by atoms with Gasteiger partial charge in [-0.25, -0.2) is 8.78 Å². The fraction of sp³-hybridized carbons (Fsp3) is 0.375. The van der Waals surface area contributed by atoms with Crippen molar-refractivity contribution < 1.29 is 34.6 Å². The monoisotopic (exact) mass is 408 g/mol. The average Bonchev–Trinajstić information content (AvgIpc) is 2.56. The fourth-order valence-electron chi connectivity index (χ4n) is 2.92. The van der Waals surface area contributed by atoms with Crippen LogP contribution in [0.25, 0.3) is 11.3 Å². The number of benzene rings is 1. The van der Waals surface area contributed by atoms with Gasteiger partial charge in [0, 0.05) is 0 Å². The number of halogens is 5. The van der Waals surface area contributed by atoms with Crippen molar-refractivity contribution in [3.63, 3.8) is 0 Å². The third-order valence-electron chi connectivity index (χ3n) is 4.30. The maximum atomic E-state index is 14.0. The normalized spacial score (nSPS) is 20.4. The lowest BCUT2D eigenvalue weighted by atomic mass is 9.85. The van der Waals surface area contributed by atoms with E-state index < -0.39 is 38.9 Å². The highest BCUT2D eigenvalue weighted by molar-refractivity contribution is 7.87. The van der Waals surface area contributed by atoms with Gasteiger partial charge in [-0.2, -0.15) is 26.7 Å². The van der Waals surface area contributed by atoms with Crippen LogP contribution >= 0.6 is 0 Å². The molecule has 1 aliphatic carbocycles. The van der Waals surface area contributed by atoms with Crippen LogP contribution in [0.15, 0.2) is 24.3 Å². The van der Waals surface area contributed by atoms with E-state index in [0.29, 0.717) is 12.0 Å². The summed E-state index contributed by atoms with van der Waals surface area (Å²) in [5.74, 6) is -1.99. The number of hydrogen-bond acceptors (Lipinski definition) is 5. The van der Waals surface area contributed by atoms with E-state index in [9.17, 15) is 30.4 Å². The molecule has 1 aliphatic rings. The summed E-state index contributed by atoms with van der Waals surface area (Å²) in [6.45, 7) is 1.73. The molecule has 1 unspecified atom stereocenters. The molecule has 0 spiro atoms. The lowest BCUT2D eigenvalue weighted by molar-refractivity contribution is -0.0583. The van der Waals surface area contributed by atoms with Gasteiger partial charge in [-0.05, 0) is 42.5 Å². The van der Waals surface area contributed by atoms with Crippen LogP contribution in [0.4, 0.5) is 22.0 Å². The standard InChI is InChI=1S/C16H13F5N2O3S/c1-8-5-6-13(26-27(24,25)16(19,20)21)15-9(8)7-12(22-23-15)14-10(17)3-2-4-11(14)18/h2-4,7-8,13H,5-6H2,1H3/t8-,13?/m0/s1. The fourth-order valence-corrected chi connectivity index (χ4v) is 3.52. The van der Waals surface area contributed by atoms with Crippen molar-refractivity contribution >= 4 is 10.1 Å². The number of nitrogens with zero attached hydrogens (tertiary/aromatic N) is 2. The number of fused-ring (bicyclic) bond motifs is 1. The quantitative estimate of drug-likeness (QED) is 0.432. The Balaban J connectivity index is 2.04. The van der Waals surface area contributed by atoms with Gasteiger partial charge in [0.1, 0.15) is 17.7 Å². The molecule has 0 radical (unpaired) electrons. The van der Waals surface area contributed by atoms with Crippen LogP contribution in [-0.2, 0) is 14.3 Å². The van der Waals surface area contributed by atoms with Crippen molar-refractivity contribution in [2.75, 3.05) is 0 Å². The summed E-state index contributed by atoms with van der Waals surface area (Å²) in [5, 5.41) is 7.41. The van der Waals surface area contributed by atoms with E-state index in [-0.39, 0.29) is 23.7 Å². The minimum atomic E-state index is -5.82. The highest BCUT2D eigenvalue weighted by Gasteiger charge is 2.49. The van der Waals surface area contributed by atoms with Gasteiger partial charge in [0.2, 0.25) is 0 Å². The maximum Gasteiger partial charge on any atom is 0.523 e. The zero-order chi connectivity index (χ0) is 20.0. The maximum absolute atomic E-state index is 14.0. The molecule has 1 aromatic heterocycles. The van der Waals surface area contributed by atoms with Gasteiger partial charge in [-0.1, -0.05) is 13.0 Å². The molecule has 0 bridgehead atoms. The summed E-state index contributed by atoms with van der Waals surface area (Å²) in [7, 11) is -5.82. The molecule has 1 heterocycles. The van der Waals surface area contributed by atoms with E-state index in [2.05, 4.69) is 14.4 Å². The van der Waals surface area contributed by atoms with Crippen LogP contribution in [0.5, 0.6) is 0 Å². The Morgan fingerprint density at radius 3 is 2.33 bits per heavy atom. The van der Waals surface area contributed by atoms with Crippen molar-refractivity contribution in [2.45, 2.75) is 37.3 Å². The van der Waals surface area contributed by atoms with Crippen molar-refractivity contribution in [3.8, 4) is 11.3 Å². The van der Waals surface area contributed by atoms with E-state index in [4.69, 9.17) is 0 Å². The molecule has 2 aromatic rings. The van der Waals surface area contributed by atoms with Crippen molar-refractivity contribution in [2.24, 2.45) is 0 Å². The van der Waals surface area contributed by atoms with Gasteiger partial charge in [-0.3, -0.25) is 4.18 Å². The molecule has 1 aromatic carbocycles. The van der Waals surface area contributed by atoms with Crippen molar-refractivity contribution in [1.82, 2.24) is 10.2 Å². The lowest BCUT2D eigenvalue weighted by Gasteiger charge is -2.28. The summed E-state index contributed by atoms with van der Waals surface area (Å²) in [6, 6.07) is 4.54. The third kappa shape index (κ3) is 3.65. The van der Waals surface area contributed by atoms with Crippen molar-refractivity contribution in [3.05, 3.63) is 47.2 Å². The summed E-state index contributed by atoms with van der Waals surface area (Å²) in [6.07, 6.45) is -1.20. The summed E-state index contributed by atoms with van der Waals surface area (Å²) in [5.41, 5.74) is -5.90. The molecule has 146 valence electrons. The predicted octanol–water partition coefficient (Wildman–Crippen LogP) is 4.23. The van der Waals surface area contributed by atoms with Crippen molar-refractivity contribution in [1.29, 1.82) is 0 Å². The predicted molar refractivity (Wildman–Crippen MR) is 83.8 cm³/mol. The van der Waals surface area contributed by atoms with Crippen LogP contribution in [0.1, 0.15) is 43.0 Å². The van der Waals surface area contributed by atoms with Crippen LogP contribution in [0.3, 0.4) is 0 Å². The first-order valence-corrected chi connectivity index (χ1v) is 9.23. The first-order chi connectivity index (χ1) is 12.5. The lowest BCUT2D eigenvalue weighted by Crippen LogP contribution is -2.29. The first-order valence-electron chi connectivity index (χ1n) is 7.82. The molecule has 0 saturated heterocycles. The van der Waals surface area contributed by atoms with Crippen LogP contribution in [0.2, 0.25) is 0 Å². The first kappa shape index (κ1) is 19.6. The number of aromatic nitrogens is 2. The van der Waals surface area contributed by atoms with Gasteiger partial charge in [-0.15, -0.1) is 5.10 Å². The highest BCUT2D eigenvalue weighted by atomic mass is 32.2. The second-order valence-corrected chi connectivity index (χ2v) is 7.69. The zero-order valence-electron chi connectivity index (χ0n) is 13.8. The van der Waals surface area contributed by atoms with Crippen LogP contribution in [-0.4, -0.2) is 24.1 Å².